The molecule has 0 aromatic heterocycles. The standard InChI is InChI=1S/C13H17NO3/c1-9(13(16)17)7-12(15)11(14)8-10-5-3-2-4-6-10/h2-6,9,11H,7-8,14H2,1H3,(H,16,17)/t9-,11-/m0/s1. The highest BCUT2D eigenvalue weighted by molar-refractivity contribution is 5.87. The van der Waals surface area contributed by atoms with Crippen LogP contribution in [0.25, 0.3) is 0 Å². The van der Waals surface area contributed by atoms with Gasteiger partial charge in [0.05, 0.1) is 12.0 Å². The molecule has 0 heterocycles. The van der Waals surface area contributed by atoms with Crippen molar-refractivity contribution in [1.29, 1.82) is 0 Å². The second-order valence-electron chi connectivity index (χ2n) is 4.21. The zero-order valence-electron chi connectivity index (χ0n) is 9.80. The zero-order valence-corrected chi connectivity index (χ0v) is 9.80. The average molecular weight is 235 g/mol. The van der Waals surface area contributed by atoms with E-state index < -0.39 is 17.9 Å². The fraction of sp³-hybridized carbons (Fsp3) is 0.385. The fourth-order valence-electron chi connectivity index (χ4n) is 1.52. The van der Waals surface area contributed by atoms with Crippen LogP contribution in [0.1, 0.15) is 18.9 Å². The van der Waals surface area contributed by atoms with E-state index >= 15 is 0 Å². The minimum Gasteiger partial charge on any atom is -0.481 e. The number of aliphatic carboxylic acids is 1. The summed E-state index contributed by atoms with van der Waals surface area (Å²) in [7, 11) is 0. The highest BCUT2D eigenvalue weighted by Crippen LogP contribution is 2.08. The van der Waals surface area contributed by atoms with Gasteiger partial charge in [-0.05, 0) is 12.0 Å². The molecular formula is C13H17NO3. The molecule has 2 atom stereocenters. The molecule has 0 saturated heterocycles. The van der Waals surface area contributed by atoms with Gasteiger partial charge in [0.15, 0.2) is 5.78 Å². The van der Waals surface area contributed by atoms with Crippen molar-refractivity contribution in [3.05, 3.63) is 35.9 Å². The normalized spacial score (nSPS) is 14.0. The van der Waals surface area contributed by atoms with Crippen LogP contribution in [0, 0.1) is 5.92 Å². The van der Waals surface area contributed by atoms with Gasteiger partial charge in [0, 0.05) is 6.42 Å². The number of carbonyl (C=O) groups is 2. The molecule has 0 amide bonds. The van der Waals surface area contributed by atoms with Crippen LogP contribution >= 0.6 is 0 Å². The second kappa shape index (κ2) is 6.15. The Kier molecular flexibility index (Phi) is 4.84. The zero-order chi connectivity index (χ0) is 12.8. The smallest absolute Gasteiger partial charge is 0.306 e. The molecule has 1 aromatic rings. The molecule has 0 aliphatic carbocycles. The Bertz CT molecular complexity index is 389. The first-order valence-electron chi connectivity index (χ1n) is 5.55. The van der Waals surface area contributed by atoms with Crippen LogP contribution in [-0.2, 0) is 16.0 Å². The summed E-state index contributed by atoms with van der Waals surface area (Å²) in [5.41, 5.74) is 6.74. The van der Waals surface area contributed by atoms with Crippen LogP contribution in [0.2, 0.25) is 0 Å². The van der Waals surface area contributed by atoms with E-state index in [1.165, 1.54) is 6.92 Å². The number of hydrogen-bond donors (Lipinski definition) is 2. The summed E-state index contributed by atoms with van der Waals surface area (Å²) in [6, 6.07) is 8.82. The quantitative estimate of drug-likeness (QED) is 0.777. The van der Waals surface area contributed by atoms with Gasteiger partial charge < -0.3 is 10.8 Å². The maximum Gasteiger partial charge on any atom is 0.306 e. The Morgan fingerprint density at radius 2 is 1.88 bits per heavy atom. The lowest BCUT2D eigenvalue weighted by Crippen LogP contribution is -2.34. The Morgan fingerprint density at radius 3 is 2.41 bits per heavy atom. The molecule has 4 nitrogen and oxygen atoms in total. The average Bonchev–Trinajstić information content (AvgIpc) is 2.29. The number of hydrogen-bond acceptors (Lipinski definition) is 3. The number of nitrogens with two attached hydrogens (primary N) is 1. The molecule has 0 fully saturated rings. The van der Waals surface area contributed by atoms with Crippen molar-refractivity contribution in [3.8, 4) is 0 Å². The number of Topliss-reactive ketones (excluding diaryl/α,β-unsaturated/α-hetero) is 1. The summed E-state index contributed by atoms with van der Waals surface area (Å²) in [5.74, 6) is -1.85. The van der Waals surface area contributed by atoms with E-state index in [9.17, 15) is 9.59 Å². The first-order valence-corrected chi connectivity index (χ1v) is 5.55. The number of carbonyl (C=O) groups excluding carboxylic acids is 1. The molecule has 4 heteroatoms. The van der Waals surface area contributed by atoms with E-state index in [1.54, 1.807) is 0 Å². The van der Waals surface area contributed by atoms with Crippen molar-refractivity contribution in [3.63, 3.8) is 0 Å². The summed E-state index contributed by atoms with van der Waals surface area (Å²) >= 11 is 0. The highest BCUT2D eigenvalue weighted by atomic mass is 16.4. The summed E-state index contributed by atoms with van der Waals surface area (Å²) in [5, 5.41) is 8.71. The summed E-state index contributed by atoms with van der Waals surface area (Å²) in [6.45, 7) is 1.51. The Labute approximate surface area is 100 Å². The van der Waals surface area contributed by atoms with Crippen molar-refractivity contribution in [2.75, 3.05) is 0 Å². The molecule has 0 unspecified atom stereocenters. The van der Waals surface area contributed by atoms with Crippen molar-refractivity contribution < 1.29 is 14.7 Å². The van der Waals surface area contributed by atoms with Gasteiger partial charge in [0.25, 0.3) is 0 Å². The Hall–Kier alpha value is -1.68. The molecule has 1 rings (SSSR count). The van der Waals surface area contributed by atoms with Gasteiger partial charge in [-0.2, -0.15) is 0 Å². The van der Waals surface area contributed by atoms with E-state index in [1.807, 2.05) is 30.3 Å². The Morgan fingerprint density at radius 1 is 1.29 bits per heavy atom. The lowest BCUT2D eigenvalue weighted by atomic mass is 9.96. The first kappa shape index (κ1) is 13.4. The molecule has 0 aliphatic rings. The molecule has 17 heavy (non-hydrogen) atoms. The predicted molar refractivity (Wildman–Crippen MR) is 64.5 cm³/mol. The van der Waals surface area contributed by atoms with Crippen molar-refractivity contribution >= 4 is 11.8 Å². The van der Waals surface area contributed by atoms with Gasteiger partial charge in [-0.15, -0.1) is 0 Å². The molecule has 92 valence electrons. The summed E-state index contributed by atoms with van der Waals surface area (Å²) < 4.78 is 0. The summed E-state index contributed by atoms with van der Waals surface area (Å²) in [6.07, 6.45) is 0.440. The van der Waals surface area contributed by atoms with E-state index in [0.717, 1.165) is 5.56 Å². The molecule has 1 aromatic carbocycles. The van der Waals surface area contributed by atoms with E-state index in [2.05, 4.69) is 0 Å². The van der Waals surface area contributed by atoms with Gasteiger partial charge in [0.1, 0.15) is 0 Å². The van der Waals surface area contributed by atoms with Gasteiger partial charge in [-0.25, -0.2) is 0 Å². The monoisotopic (exact) mass is 235 g/mol. The number of carboxylic acids is 1. The van der Waals surface area contributed by atoms with Crippen LogP contribution < -0.4 is 5.73 Å². The van der Waals surface area contributed by atoms with Crippen LogP contribution in [0.5, 0.6) is 0 Å². The van der Waals surface area contributed by atoms with Crippen molar-refractivity contribution in [1.82, 2.24) is 0 Å². The number of rotatable bonds is 6. The Balaban J connectivity index is 2.50. The lowest BCUT2D eigenvalue weighted by molar-refractivity contribution is -0.143. The van der Waals surface area contributed by atoms with Crippen molar-refractivity contribution in [2.45, 2.75) is 25.8 Å². The molecule has 0 radical (unpaired) electrons. The number of carboxylic acid groups (broad SMARTS) is 1. The van der Waals surface area contributed by atoms with Gasteiger partial charge >= 0.3 is 5.97 Å². The maximum atomic E-state index is 11.7. The largest absolute Gasteiger partial charge is 0.481 e. The van der Waals surface area contributed by atoms with E-state index in [0.29, 0.717) is 6.42 Å². The van der Waals surface area contributed by atoms with E-state index in [4.69, 9.17) is 10.8 Å². The lowest BCUT2D eigenvalue weighted by Gasteiger charge is -2.12. The molecule has 3 N–H and O–H groups in total. The van der Waals surface area contributed by atoms with Crippen LogP contribution in [0.3, 0.4) is 0 Å². The minimum absolute atomic E-state index is 0.0106. The van der Waals surface area contributed by atoms with E-state index in [-0.39, 0.29) is 12.2 Å². The first-order chi connectivity index (χ1) is 8.00. The van der Waals surface area contributed by atoms with Gasteiger partial charge in [-0.1, -0.05) is 37.3 Å². The molecular weight excluding hydrogens is 218 g/mol. The predicted octanol–water partition coefficient (Wildman–Crippen LogP) is 1.24. The maximum absolute atomic E-state index is 11.7. The molecule has 0 saturated carbocycles. The van der Waals surface area contributed by atoms with Crippen LogP contribution in [-0.4, -0.2) is 22.9 Å². The van der Waals surface area contributed by atoms with Crippen molar-refractivity contribution in [2.24, 2.45) is 11.7 Å². The second-order valence-corrected chi connectivity index (χ2v) is 4.21. The highest BCUT2D eigenvalue weighted by Gasteiger charge is 2.20. The molecule has 0 spiro atoms. The third kappa shape index (κ3) is 4.36. The number of ketones is 1. The third-order valence-corrected chi connectivity index (χ3v) is 2.64. The number of benzene rings is 1. The SMILES string of the molecule is C[C@@H](CC(=O)[C@@H](N)Cc1ccccc1)C(=O)O. The molecule has 0 aliphatic heterocycles. The third-order valence-electron chi connectivity index (χ3n) is 2.64. The fourth-order valence-corrected chi connectivity index (χ4v) is 1.52. The minimum atomic E-state index is -0.967. The molecule has 0 bridgehead atoms. The topological polar surface area (TPSA) is 80.4 Å². The van der Waals surface area contributed by atoms with Crippen LogP contribution in [0.15, 0.2) is 30.3 Å². The van der Waals surface area contributed by atoms with Gasteiger partial charge in [0.2, 0.25) is 0 Å². The summed E-state index contributed by atoms with van der Waals surface area (Å²) in [4.78, 5) is 22.3. The van der Waals surface area contributed by atoms with Gasteiger partial charge in [-0.3, -0.25) is 9.59 Å². The van der Waals surface area contributed by atoms with Crippen LogP contribution in [0.4, 0.5) is 0 Å².